The summed E-state index contributed by atoms with van der Waals surface area (Å²) in [6.45, 7) is 3.82. The Morgan fingerprint density at radius 3 is 2.65 bits per heavy atom. The van der Waals surface area contributed by atoms with Crippen LogP contribution in [-0.4, -0.2) is 63.7 Å². The van der Waals surface area contributed by atoms with E-state index in [1.807, 2.05) is 7.05 Å². The molecule has 2 rings (SSSR count). The molecule has 1 fully saturated rings. The Balaban J connectivity index is 1.67. The molecule has 0 bridgehead atoms. The molecule has 7 heteroatoms. The van der Waals surface area contributed by atoms with Crippen LogP contribution in [0.5, 0.6) is 0 Å². The molecule has 2 N–H and O–H groups in total. The van der Waals surface area contributed by atoms with Crippen molar-refractivity contribution in [1.82, 2.24) is 15.5 Å². The van der Waals surface area contributed by atoms with Gasteiger partial charge in [0.05, 0.1) is 10.6 Å². The number of carbonyl (C=O) groups is 1. The van der Waals surface area contributed by atoms with Gasteiger partial charge in [0.25, 0.3) is 5.91 Å². The Labute approximate surface area is 161 Å². The Bertz CT molecular complexity index is 603. The first kappa shape index (κ1) is 20.5. The summed E-state index contributed by atoms with van der Waals surface area (Å²) in [5, 5.41) is 6.61. The lowest BCUT2D eigenvalue weighted by Gasteiger charge is -2.26. The number of benzene rings is 1. The minimum Gasteiger partial charge on any atom is -0.381 e. The smallest absolute Gasteiger partial charge is 0.252 e. The van der Waals surface area contributed by atoms with E-state index in [9.17, 15) is 4.79 Å². The van der Waals surface area contributed by atoms with Gasteiger partial charge < -0.3 is 20.3 Å². The highest BCUT2D eigenvalue weighted by atomic mass is 35.5. The Morgan fingerprint density at radius 1 is 1.27 bits per heavy atom. The van der Waals surface area contributed by atoms with Crippen LogP contribution in [0.15, 0.2) is 29.3 Å². The van der Waals surface area contributed by atoms with E-state index in [1.165, 1.54) is 0 Å². The third kappa shape index (κ3) is 6.50. The first-order chi connectivity index (χ1) is 12.6. The van der Waals surface area contributed by atoms with E-state index >= 15 is 0 Å². The molecule has 1 aliphatic heterocycles. The fourth-order valence-electron chi connectivity index (χ4n) is 2.99. The van der Waals surface area contributed by atoms with Crippen molar-refractivity contribution >= 4 is 23.5 Å². The van der Waals surface area contributed by atoms with Crippen LogP contribution in [-0.2, 0) is 4.74 Å². The van der Waals surface area contributed by atoms with E-state index in [0.29, 0.717) is 23.7 Å². The van der Waals surface area contributed by atoms with Gasteiger partial charge in [0, 0.05) is 46.9 Å². The van der Waals surface area contributed by atoms with Crippen molar-refractivity contribution in [2.75, 3.05) is 46.9 Å². The van der Waals surface area contributed by atoms with Crippen molar-refractivity contribution in [3.63, 3.8) is 0 Å². The topological polar surface area (TPSA) is 66.0 Å². The summed E-state index contributed by atoms with van der Waals surface area (Å²) in [7, 11) is 3.81. The summed E-state index contributed by atoms with van der Waals surface area (Å²) < 4.78 is 5.41. The first-order valence-corrected chi connectivity index (χ1v) is 9.52. The maximum atomic E-state index is 12.1. The summed E-state index contributed by atoms with van der Waals surface area (Å²) in [4.78, 5) is 18.6. The average molecular weight is 381 g/mol. The zero-order chi connectivity index (χ0) is 18.8. The molecule has 1 amide bonds. The maximum Gasteiger partial charge on any atom is 0.252 e. The van der Waals surface area contributed by atoms with E-state index in [-0.39, 0.29) is 5.91 Å². The number of nitrogens with one attached hydrogen (secondary N) is 2. The molecule has 0 unspecified atom stereocenters. The van der Waals surface area contributed by atoms with E-state index in [2.05, 4.69) is 20.5 Å². The van der Waals surface area contributed by atoms with Gasteiger partial charge in [-0.15, -0.1) is 0 Å². The Kier molecular flexibility index (Phi) is 8.71. The van der Waals surface area contributed by atoms with Gasteiger partial charge in [0.2, 0.25) is 0 Å². The van der Waals surface area contributed by atoms with E-state index in [1.54, 1.807) is 31.3 Å². The van der Waals surface area contributed by atoms with Crippen molar-refractivity contribution in [3.8, 4) is 0 Å². The molecule has 0 spiro atoms. The molecule has 1 heterocycles. The minimum absolute atomic E-state index is 0.166. The highest BCUT2D eigenvalue weighted by Gasteiger charge is 2.15. The van der Waals surface area contributed by atoms with Crippen LogP contribution in [0.2, 0.25) is 5.02 Å². The summed E-state index contributed by atoms with van der Waals surface area (Å²) in [5.74, 6) is 1.41. The molecule has 1 saturated heterocycles. The van der Waals surface area contributed by atoms with Gasteiger partial charge in [-0.3, -0.25) is 9.79 Å². The third-order valence-electron chi connectivity index (χ3n) is 4.60. The van der Waals surface area contributed by atoms with Crippen molar-refractivity contribution in [2.45, 2.75) is 19.3 Å². The predicted molar refractivity (Wildman–Crippen MR) is 106 cm³/mol. The number of hydrogen-bond donors (Lipinski definition) is 2. The number of rotatable bonds is 7. The van der Waals surface area contributed by atoms with Gasteiger partial charge in [0.1, 0.15) is 0 Å². The Morgan fingerprint density at radius 2 is 1.96 bits per heavy atom. The molecule has 1 aliphatic rings. The van der Waals surface area contributed by atoms with Crippen molar-refractivity contribution in [3.05, 3.63) is 34.9 Å². The number of nitrogens with zero attached hydrogens (tertiary/aromatic N) is 2. The van der Waals surface area contributed by atoms with Gasteiger partial charge in [-0.1, -0.05) is 23.7 Å². The van der Waals surface area contributed by atoms with Crippen LogP contribution >= 0.6 is 11.6 Å². The fourth-order valence-corrected chi connectivity index (χ4v) is 3.21. The number of halogens is 1. The van der Waals surface area contributed by atoms with Crippen molar-refractivity contribution < 1.29 is 9.53 Å². The average Bonchev–Trinajstić information content (AvgIpc) is 2.67. The molecule has 144 valence electrons. The molecule has 0 radical (unpaired) electrons. The Hall–Kier alpha value is -1.79. The maximum absolute atomic E-state index is 12.1. The molecule has 1 aromatic carbocycles. The lowest BCUT2D eigenvalue weighted by atomic mass is 9.96. The van der Waals surface area contributed by atoms with Crippen molar-refractivity contribution in [2.24, 2.45) is 10.9 Å². The molecule has 0 aromatic heterocycles. The van der Waals surface area contributed by atoms with Crippen LogP contribution in [0.1, 0.15) is 29.6 Å². The molecule has 26 heavy (non-hydrogen) atoms. The van der Waals surface area contributed by atoms with Gasteiger partial charge >= 0.3 is 0 Å². The van der Waals surface area contributed by atoms with Gasteiger partial charge in [0.15, 0.2) is 5.96 Å². The number of hydrogen-bond acceptors (Lipinski definition) is 3. The number of amides is 1. The predicted octanol–water partition coefficient (Wildman–Crippen LogP) is 2.39. The van der Waals surface area contributed by atoms with Crippen molar-refractivity contribution in [1.29, 1.82) is 0 Å². The van der Waals surface area contributed by atoms with Crippen LogP contribution < -0.4 is 10.6 Å². The second-order valence-corrected chi connectivity index (χ2v) is 6.88. The van der Waals surface area contributed by atoms with Gasteiger partial charge in [-0.25, -0.2) is 0 Å². The second-order valence-electron chi connectivity index (χ2n) is 6.48. The van der Waals surface area contributed by atoms with Crippen LogP contribution in [0, 0.1) is 5.92 Å². The molecule has 0 atom stereocenters. The molecule has 6 nitrogen and oxygen atoms in total. The number of aliphatic imine (C=N–C) groups is 1. The van der Waals surface area contributed by atoms with E-state index < -0.39 is 0 Å². The number of ether oxygens (including phenoxy) is 1. The molecular formula is C19H29ClN4O2. The minimum atomic E-state index is -0.166. The largest absolute Gasteiger partial charge is 0.381 e. The highest BCUT2D eigenvalue weighted by molar-refractivity contribution is 6.33. The summed E-state index contributed by atoms with van der Waals surface area (Å²) in [5.41, 5.74) is 0.493. The monoisotopic (exact) mass is 380 g/mol. The van der Waals surface area contributed by atoms with E-state index in [0.717, 1.165) is 50.9 Å². The molecule has 1 aromatic rings. The van der Waals surface area contributed by atoms with E-state index in [4.69, 9.17) is 16.3 Å². The third-order valence-corrected chi connectivity index (χ3v) is 4.93. The highest BCUT2D eigenvalue weighted by Crippen LogP contribution is 2.18. The lowest BCUT2D eigenvalue weighted by Crippen LogP contribution is -2.43. The van der Waals surface area contributed by atoms with Gasteiger partial charge in [-0.05, 0) is 37.3 Å². The summed E-state index contributed by atoms with van der Waals surface area (Å²) >= 11 is 6.04. The second kappa shape index (κ2) is 11.0. The lowest BCUT2D eigenvalue weighted by molar-refractivity contribution is 0.0625. The van der Waals surface area contributed by atoms with Gasteiger partial charge in [-0.2, -0.15) is 0 Å². The summed E-state index contributed by atoms with van der Waals surface area (Å²) in [6, 6.07) is 7.03. The van der Waals surface area contributed by atoms with Crippen LogP contribution in [0.25, 0.3) is 0 Å². The standard InChI is InChI=1S/C19H29ClN4O2/c1-21-19(24(2)12-7-15-8-13-26-14-9-15)23-11-10-22-18(25)16-5-3-4-6-17(16)20/h3-6,15H,7-14H2,1-2H3,(H,21,23)(H,22,25). The summed E-state index contributed by atoms with van der Waals surface area (Å²) in [6.07, 6.45) is 3.44. The number of guanidine groups is 1. The molecular weight excluding hydrogens is 352 g/mol. The molecule has 0 aliphatic carbocycles. The normalized spacial score (nSPS) is 15.6. The molecule has 0 saturated carbocycles. The number of carbonyl (C=O) groups excluding carboxylic acids is 1. The zero-order valence-corrected chi connectivity index (χ0v) is 16.4. The SMILES string of the molecule is CN=C(NCCNC(=O)c1ccccc1Cl)N(C)CCC1CCOCC1. The fraction of sp³-hybridized carbons (Fsp3) is 0.579. The van der Waals surface area contributed by atoms with Crippen LogP contribution in [0.3, 0.4) is 0 Å². The quantitative estimate of drug-likeness (QED) is 0.433. The zero-order valence-electron chi connectivity index (χ0n) is 15.6. The first-order valence-electron chi connectivity index (χ1n) is 9.14. The van der Waals surface area contributed by atoms with Crippen LogP contribution in [0.4, 0.5) is 0 Å².